The molecule has 0 fully saturated rings. The lowest BCUT2D eigenvalue weighted by molar-refractivity contribution is 0.0507. The molecule has 0 spiro atoms. The van der Waals surface area contributed by atoms with Crippen LogP contribution in [-0.2, 0) is 14.2 Å². The summed E-state index contributed by atoms with van der Waals surface area (Å²) in [5.41, 5.74) is 0.819. The fourth-order valence-electron chi connectivity index (χ4n) is 2.14. The van der Waals surface area contributed by atoms with E-state index in [9.17, 15) is 9.59 Å². The van der Waals surface area contributed by atoms with Gasteiger partial charge in [0.2, 0.25) is 0 Å². The summed E-state index contributed by atoms with van der Waals surface area (Å²) in [4.78, 5) is 24.5. The molecule has 138 valence electrons. The summed E-state index contributed by atoms with van der Waals surface area (Å²) in [5.74, 6) is -0.555. The molecular weight excluding hydrogens is 324 g/mol. The van der Waals surface area contributed by atoms with E-state index in [4.69, 9.17) is 18.9 Å². The second-order valence-corrected chi connectivity index (χ2v) is 5.16. The van der Waals surface area contributed by atoms with Gasteiger partial charge < -0.3 is 18.9 Å². The molecule has 0 unspecified atom stereocenters. The van der Waals surface area contributed by atoms with Gasteiger partial charge in [0.25, 0.3) is 0 Å². The van der Waals surface area contributed by atoms with Crippen LogP contribution in [0.5, 0.6) is 5.75 Å². The van der Waals surface area contributed by atoms with Crippen LogP contribution in [0.4, 0.5) is 0 Å². The van der Waals surface area contributed by atoms with Crippen LogP contribution in [0.2, 0.25) is 0 Å². The topological polar surface area (TPSA) is 71.1 Å². The van der Waals surface area contributed by atoms with Crippen LogP contribution in [0.25, 0.3) is 5.76 Å². The largest absolute Gasteiger partial charge is 0.496 e. The summed E-state index contributed by atoms with van der Waals surface area (Å²) in [6.07, 6.45) is 1.82. The molecule has 6 nitrogen and oxygen atoms in total. The van der Waals surface area contributed by atoms with Gasteiger partial charge in [0.15, 0.2) is 0 Å². The molecule has 0 N–H and O–H groups in total. The molecule has 0 heterocycles. The zero-order chi connectivity index (χ0) is 18.8. The summed E-state index contributed by atoms with van der Waals surface area (Å²) in [6.45, 7) is 10.3. The highest BCUT2D eigenvalue weighted by Gasteiger charge is 2.23. The van der Waals surface area contributed by atoms with Crippen molar-refractivity contribution < 1.29 is 28.5 Å². The fourth-order valence-corrected chi connectivity index (χ4v) is 2.14. The van der Waals surface area contributed by atoms with Crippen LogP contribution in [0.1, 0.15) is 59.9 Å². The zero-order valence-corrected chi connectivity index (χ0v) is 15.3. The SMILES string of the molecule is C=C(OCCCC)c1cc(C(=O)OCC)c(OC)cc1C(=O)OCC. The maximum atomic E-state index is 12.3. The van der Waals surface area contributed by atoms with Gasteiger partial charge in [-0.2, -0.15) is 0 Å². The molecular formula is C19H26O6. The first-order chi connectivity index (χ1) is 12.0. The number of unbranched alkanes of at least 4 members (excludes halogenated alkanes) is 1. The predicted molar refractivity (Wildman–Crippen MR) is 94.8 cm³/mol. The number of rotatable bonds is 10. The average molecular weight is 350 g/mol. The number of ether oxygens (including phenoxy) is 4. The molecule has 0 aromatic heterocycles. The van der Waals surface area contributed by atoms with Crippen LogP contribution < -0.4 is 4.74 Å². The van der Waals surface area contributed by atoms with Gasteiger partial charge in [-0.1, -0.05) is 19.9 Å². The standard InChI is InChI=1S/C19H26O6/c1-6-9-10-25-13(4)14-11-16(19(21)24-8-3)17(22-5)12-15(14)18(20)23-7-2/h11-12H,4,6-10H2,1-3,5H3. The van der Waals surface area contributed by atoms with Crippen LogP contribution in [0.15, 0.2) is 18.7 Å². The lowest BCUT2D eigenvalue weighted by Gasteiger charge is -2.16. The van der Waals surface area contributed by atoms with Crippen LogP contribution >= 0.6 is 0 Å². The normalized spacial score (nSPS) is 10.1. The van der Waals surface area contributed by atoms with Crippen molar-refractivity contribution in [3.05, 3.63) is 35.4 Å². The van der Waals surface area contributed by atoms with E-state index in [0.29, 0.717) is 17.9 Å². The minimum absolute atomic E-state index is 0.202. The van der Waals surface area contributed by atoms with Crippen molar-refractivity contribution in [2.24, 2.45) is 0 Å². The molecule has 0 aliphatic heterocycles. The molecule has 0 amide bonds. The highest BCUT2D eigenvalue weighted by molar-refractivity contribution is 6.00. The predicted octanol–water partition coefficient (Wildman–Crippen LogP) is 3.84. The van der Waals surface area contributed by atoms with Gasteiger partial charge in [0.05, 0.1) is 32.5 Å². The number of carbonyl (C=O) groups is 2. The summed E-state index contributed by atoms with van der Waals surface area (Å²) in [6, 6.07) is 2.95. The molecule has 0 aliphatic carbocycles. The summed E-state index contributed by atoms with van der Waals surface area (Å²) in [5, 5.41) is 0. The third kappa shape index (κ3) is 5.52. The van der Waals surface area contributed by atoms with E-state index in [-0.39, 0.29) is 30.1 Å². The van der Waals surface area contributed by atoms with Crippen molar-refractivity contribution >= 4 is 17.7 Å². The first-order valence-electron chi connectivity index (χ1n) is 8.38. The minimum atomic E-state index is -0.544. The van der Waals surface area contributed by atoms with Crippen LogP contribution in [0.3, 0.4) is 0 Å². The molecule has 25 heavy (non-hydrogen) atoms. The summed E-state index contributed by atoms with van der Waals surface area (Å²) < 4.78 is 21.0. The Balaban J connectivity index is 3.35. The van der Waals surface area contributed by atoms with Gasteiger partial charge in [0.1, 0.15) is 17.1 Å². The Bertz CT molecular complexity index is 621. The lowest BCUT2D eigenvalue weighted by Crippen LogP contribution is -2.13. The van der Waals surface area contributed by atoms with Crippen molar-refractivity contribution in [2.45, 2.75) is 33.6 Å². The monoisotopic (exact) mass is 350 g/mol. The molecule has 0 aliphatic rings. The minimum Gasteiger partial charge on any atom is -0.496 e. The molecule has 0 atom stereocenters. The lowest BCUT2D eigenvalue weighted by atomic mass is 10.0. The molecule has 6 heteroatoms. The average Bonchev–Trinajstić information content (AvgIpc) is 2.61. The number of carbonyl (C=O) groups excluding carboxylic acids is 2. The van der Waals surface area contributed by atoms with Gasteiger partial charge in [-0.25, -0.2) is 9.59 Å². The number of hydrogen-bond donors (Lipinski definition) is 0. The summed E-state index contributed by atoms with van der Waals surface area (Å²) in [7, 11) is 1.42. The van der Waals surface area contributed by atoms with Crippen LogP contribution in [0, 0.1) is 0 Å². The Morgan fingerprint density at radius 3 is 2.04 bits per heavy atom. The molecule has 0 saturated heterocycles. The van der Waals surface area contributed by atoms with Gasteiger partial charge in [-0.05, 0) is 32.4 Å². The van der Waals surface area contributed by atoms with Crippen molar-refractivity contribution in [3.8, 4) is 5.75 Å². The zero-order valence-electron chi connectivity index (χ0n) is 15.3. The molecule has 1 aromatic rings. The molecule has 1 aromatic carbocycles. The van der Waals surface area contributed by atoms with E-state index < -0.39 is 11.9 Å². The van der Waals surface area contributed by atoms with Gasteiger partial charge in [-0.3, -0.25) is 0 Å². The van der Waals surface area contributed by atoms with Crippen LogP contribution in [-0.4, -0.2) is 38.9 Å². The Kier molecular flexibility index (Phi) is 8.53. The molecule has 0 bridgehead atoms. The highest BCUT2D eigenvalue weighted by Crippen LogP contribution is 2.29. The van der Waals surface area contributed by atoms with Crippen molar-refractivity contribution in [3.63, 3.8) is 0 Å². The third-order valence-corrected chi connectivity index (χ3v) is 3.40. The molecule has 0 radical (unpaired) electrons. The first kappa shape index (κ1) is 20.5. The van der Waals surface area contributed by atoms with Crippen molar-refractivity contribution in [1.82, 2.24) is 0 Å². The van der Waals surface area contributed by atoms with E-state index >= 15 is 0 Å². The second-order valence-electron chi connectivity index (χ2n) is 5.16. The fraction of sp³-hybridized carbons (Fsp3) is 0.474. The van der Waals surface area contributed by atoms with Crippen molar-refractivity contribution in [2.75, 3.05) is 26.9 Å². The number of hydrogen-bond acceptors (Lipinski definition) is 6. The van der Waals surface area contributed by atoms with E-state index in [2.05, 4.69) is 6.58 Å². The van der Waals surface area contributed by atoms with Gasteiger partial charge in [0, 0.05) is 5.56 Å². The number of methoxy groups -OCH3 is 1. The third-order valence-electron chi connectivity index (χ3n) is 3.40. The molecule has 1 rings (SSSR count). The number of benzene rings is 1. The molecule has 0 saturated carbocycles. The van der Waals surface area contributed by atoms with E-state index in [1.807, 2.05) is 6.92 Å². The maximum Gasteiger partial charge on any atom is 0.341 e. The van der Waals surface area contributed by atoms with Gasteiger partial charge in [-0.15, -0.1) is 0 Å². The number of esters is 2. The Hall–Kier alpha value is -2.50. The smallest absolute Gasteiger partial charge is 0.341 e. The van der Waals surface area contributed by atoms with E-state index in [1.165, 1.54) is 19.2 Å². The second kappa shape index (κ2) is 10.4. The highest BCUT2D eigenvalue weighted by atomic mass is 16.5. The van der Waals surface area contributed by atoms with E-state index in [0.717, 1.165) is 12.8 Å². The Morgan fingerprint density at radius 2 is 1.52 bits per heavy atom. The van der Waals surface area contributed by atoms with Crippen molar-refractivity contribution in [1.29, 1.82) is 0 Å². The van der Waals surface area contributed by atoms with E-state index in [1.54, 1.807) is 13.8 Å². The maximum absolute atomic E-state index is 12.3. The summed E-state index contributed by atoms with van der Waals surface area (Å²) >= 11 is 0. The quantitative estimate of drug-likeness (QED) is 0.363. The Labute approximate surface area is 148 Å². The van der Waals surface area contributed by atoms with Gasteiger partial charge >= 0.3 is 11.9 Å². The Morgan fingerprint density at radius 1 is 0.920 bits per heavy atom. The first-order valence-corrected chi connectivity index (χ1v) is 8.38.